The third kappa shape index (κ3) is 126. The summed E-state index contributed by atoms with van der Waals surface area (Å²) in [6, 6.07) is 0. The lowest BCUT2D eigenvalue weighted by Crippen LogP contribution is -1.09. The minimum Gasteiger partial charge on any atom is -0.344 e. The van der Waals surface area contributed by atoms with E-state index in [-0.39, 0.29) is 6.15 Å². The lowest BCUT2D eigenvalue weighted by atomic mass is 11.9. The summed E-state index contributed by atoms with van der Waals surface area (Å²) in [6.07, 6.45) is 0. The molecule has 0 aromatic heterocycles. The van der Waals surface area contributed by atoms with E-state index in [1.54, 1.807) is 0 Å². The van der Waals surface area contributed by atoms with Crippen LogP contribution < -0.4 is 6.15 Å². The summed E-state index contributed by atoms with van der Waals surface area (Å²) in [5, 5.41) is 0. The van der Waals surface area contributed by atoms with E-state index in [0.717, 1.165) is 5.58 Å². The second-order valence-corrected chi connectivity index (χ2v) is 0.371. The Bertz CT molecular complexity index is 8.00. The number of rotatable bonds is 0. The average Bonchev–Trinajstić information content (AvgIpc) is 0.918. The van der Waals surface area contributed by atoms with Gasteiger partial charge in [0.05, 0.1) is 0 Å². The van der Waals surface area contributed by atoms with Gasteiger partial charge in [0, 0.05) is 0 Å². The predicted octanol–water partition coefficient (Wildman–Crippen LogP) is 1.51. The van der Waals surface area contributed by atoms with Crippen LogP contribution in [0.3, 0.4) is 0 Å². The highest BCUT2D eigenvalue weighted by Crippen LogP contribution is 1.82. The molecular formula is CH3BrFN+2. The van der Waals surface area contributed by atoms with Crippen molar-refractivity contribution < 1.29 is 4.39 Å². The molecule has 0 saturated carbocycles. The Morgan fingerprint density at radius 2 is 1.75 bits per heavy atom. The van der Waals surface area contributed by atoms with Gasteiger partial charge in [0.25, 0.3) is 0 Å². The second kappa shape index (κ2) is 11.0. The minimum atomic E-state index is 0. The molecule has 0 rings (SSSR count). The fraction of sp³-hybridized carbons (Fsp3) is 0. The van der Waals surface area contributed by atoms with E-state index in [1.165, 1.54) is 0 Å². The van der Waals surface area contributed by atoms with Crippen molar-refractivity contribution in [1.82, 2.24) is 6.15 Å². The molecule has 1 nitrogen and oxygen atoms in total. The maximum atomic E-state index is 9.96. The molecule has 0 bridgehead atoms. The summed E-state index contributed by atoms with van der Waals surface area (Å²) in [5.74, 6) is 0. The summed E-state index contributed by atoms with van der Waals surface area (Å²) in [6.45, 7) is 0. The molecule has 0 aliphatic heterocycles. The number of hydrogen-bond donors (Lipinski definition) is 1. The molecule has 0 aliphatic rings. The molecule has 0 heterocycles. The minimum absolute atomic E-state index is 0. The van der Waals surface area contributed by atoms with Gasteiger partial charge in [0.1, 0.15) is 0 Å². The Hall–Kier alpha value is 0.150. The van der Waals surface area contributed by atoms with Crippen LogP contribution >= 0.6 is 15.9 Å². The third-order valence-corrected chi connectivity index (χ3v) is 0. The van der Waals surface area contributed by atoms with Crippen LogP contribution in [-0.4, -0.2) is 0 Å². The summed E-state index contributed by atoms with van der Waals surface area (Å²) < 4.78 is 9.96. The molecule has 0 radical (unpaired) electrons. The van der Waals surface area contributed by atoms with Gasteiger partial charge in [0.2, 0.25) is 0 Å². The Kier molecular flexibility index (Phi) is 24.5. The molecule has 0 amide bonds. The molecule has 0 aromatic rings. The van der Waals surface area contributed by atoms with E-state index in [1.807, 2.05) is 0 Å². The molecule has 0 fully saturated rings. The predicted molar refractivity (Wildman–Crippen MR) is 18.3 cm³/mol. The van der Waals surface area contributed by atoms with Crippen molar-refractivity contribution >= 4 is 15.9 Å². The third-order valence-electron chi connectivity index (χ3n) is 0. The molecule has 24 valence electrons. The standard InChI is InChI=1S/CBrF.H3N/c2-1-3;/h;1H3/q+2;. The fourth-order valence-corrected chi connectivity index (χ4v) is 0. The molecule has 0 spiro atoms. The largest absolute Gasteiger partial charge is 0.969 e. The van der Waals surface area contributed by atoms with Crippen LogP contribution in [-0.2, 0) is 0 Å². The van der Waals surface area contributed by atoms with Gasteiger partial charge in [-0.3, -0.25) is 0 Å². The maximum Gasteiger partial charge on any atom is 0.969 e. The van der Waals surface area contributed by atoms with Crippen LogP contribution in [0.15, 0.2) is 0 Å². The normalized spacial score (nSPS) is 2.50. The van der Waals surface area contributed by atoms with E-state index in [9.17, 15) is 4.39 Å². The molecule has 0 atom stereocenters. The van der Waals surface area contributed by atoms with Crippen LogP contribution in [0.4, 0.5) is 4.39 Å². The van der Waals surface area contributed by atoms with Gasteiger partial charge in [-0.15, -0.1) is 0 Å². The van der Waals surface area contributed by atoms with Gasteiger partial charge < -0.3 is 6.15 Å². The second-order valence-electron chi connectivity index (χ2n) is 0.0714. The summed E-state index contributed by atoms with van der Waals surface area (Å²) >= 11 is 2.23. The summed E-state index contributed by atoms with van der Waals surface area (Å²) in [7, 11) is 0. The van der Waals surface area contributed by atoms with Crippen molar-refractivity contribution in [1.29, 1.82) is 0 Å². The Morgan fingerprint density at radius 1 is 1.75 bits per heavy atom. The smallest absolute Gasteiger partial charge is 0.344 e. The number of halogens is 2. The molecule has 3 heteroatoms. The Labute approximate surface area is 32.9 Å². The highest BCUT2D eigenvalue weighted by atomic mass is 79.9. The highest BCUT2D eigenvalue weighted by Gasteiger charge is 2.18. The van der Waals surface area contributed by atoms with Gasteiger partial charge in [-0.2, -0.15) is 0 Å². The summed E-state index contributed by atoms with van der Waals surface area (Å²) in [4.78, 5) is 0. The zero-order valence-corrected chi connectivity index (χ0v) is 3.55. The monoisotopic (exact) mass is 127 g/mol. The number of hydrogen-bond acceptors (Lipinski definition) is 1. The first-order chi connectivity index (χ1) is 1.41. The van der Waals surface area contributed by atoms with Crippen molar-refractivity contribution in [2.45, 2.75) is 0 Å². The van der Waals surface area contributed by atoms with E-state index in [2.05, 4.69) is 15.9 Å². The van der Waals surface area contributed by atoms with E-state index in [4.69, 9.17) is 0 Å². The first-order valence-corrected chi connectivity index (χ1v) is 1.17. The highest BCUT2D eigenvalue weighted by molar-refractivity contribution is 9.10. The van der Waals surface area contributed by atoms with Crippen LogP contribution in [0.25, 0.3) is 0 Å². The molecule has 0 aromatic carbocycles. The lowest BCUT2D eigenvalue weighted by molar-refractivity contribution is 0.696. The van der Waals surface area contributed by atoms with Gasteiger partial charge >= 0.3 is 25.9 Å². The molecule has 0 unspecified atom stereocenters. The molecular weight excluding hydrogens is 125 g/mol. The van der Waals surface area contributed by atoms with Crippen molar-refractivity contribution in [2.75, 3.05) is 0 Å². The van der Waals surface area contributed by atoms with Crippen molar-refractivity contribution in [3.8, 4) is 0 Å². The molecule has 4 heavy (non-hydrogen) atoms. The topological polar surface area (TPSA) is 35.0 Å². The Balaban J connectivity index is 0. The first-order valence-electron chi connectivity index (χ1n) is 0.378. The van der Waals surface area contributed by atoms with E-state index in [0.29, 0.717) is 0 Å². The van der Waals surface area contributed by atoms with Crippen LogP contribution in [0, 0.1) is 5.58 Å². The van der Waals surface area contributed by atoms with E-state index < -0.39 is 0 Å². The van der Waals surface area contributed by atoms with E-state index >= 15 is 0 Å². The van der Waals surface area contributed by atoms with Gasteiger partial charge in [0.15, 0.2) is 0 Å². The zero-order valence-electron chi connectivity index (χ0n) is 1.96. The van der Waals surface area contributed by atoms with Crippen LogP contribution in [0.5, 0.6) is 0 Å². The molecule has 0 aliphatic carbocycles. The maximum absolute atomic E-state index is 9.96. The van der Waals surface area contributed by atoms with Crippen molar-refractivity contribution in [3.05, 3.63) is 5.58 Å². The fourth-order valence-electron chi connectivity index (χ4n) is 0. The first kappa shape index (κ1) is 8.91. The quantitative estimate of drug-likeness (QED) is 0.527. The zero-order chi connectivity index (χ0) is 2.71. The Morgan fingerprint density at radius 3 is 1.75 bits per heavy atom. The SMILES string of the molecule is F[C+2]Br.N. The summed E-state index contributed by atoms with van der Waals surface area (Å²) in [5.41, 5.74) is 1.06. The van der Waals surface area contributed by atoms with Crippen molar-refractivity contribution in [2.24, 2.45) is 0 Å². The van der Waals surface area contributed by atoms with Gasteiger partial charge in [-0.1, -0.05) is 0 Å². The molecule has 3 N–H and O–H groups in total. The average molecular weight is 128 g/mol. The molecule has 0 saturated heterocycles. The lowest BCUT2D eigenvalue weighted by Gasteiger charge is -0.707. The van der Waals surface area contributed by atoms with Gasteiger partial charge in [-0.05, 0) is 0 Å². The van der Waals surface area contributed by atoms with Crippen molar-refractivity contribution in [3.63, 3.8) is 0 Å². The van der Waals surface area contributed by atoms with Crippen LogP contribution in [0.2, 0.25) is 0 Å². The van der Waals surface area contributed by atoms with Crippen LogP contribution in [0.1, 0.15) is 0 Å². The van der Waals surface area contributed by atoms with Gasteiger partial charge in [-0.25, -0.2) is 0 Å².